The summed E-state index contributed by atoms with van der Waals surface area (Å²) in [6.45, 7) is 3.24. The minimum absolute atomic E-state index is 0.128. The van der Waals surface area contributed by atoms with Gasteiger partial charge in [0.2, 0.25) is 29.4 Å². The quantitative estimate of drug-likeness (QED) is 0.227. The van der Waals surface area contributed by atoms with E-state index in [9.17, 15) is 29.1 Å². The number of imide groups is 2. The third kappa shape index (κ3) is 4.27. The lowest BCUT2D eigenvalue weighted by Crippen LogP contribution is -2.48. The second-order valence-corrected chi connectivity index (χ2v) is 12.9. The first kappa shape index (κ1) is 30.4. The molecule has 3 fully saturated rings. The number of carbonyl (C=O) groups excluding carboxylic acids is 5. The Hall–Kier alpha value is -5.25. The molecule has 4 amide bonds. The van der Waals surface area contributed by atoms with Crippen LogP contribution in [-0.4, -0.2) is 48.7 Å². The summed E-state index contributed by atoms with van der Waals surface area (Å²) < 4.78 is 11.0. The summed E-state index contributed by atoms with van der Waals surface area (Å²) in [6, 6.07) is 18.5. The third-order valence-electron chi connectivity index (χ3n) is 10.7. The molecule has 0 aromatic heterocycles. The minimum atomic E-state index is -1.26. The maximum Gasteiger partial charge on any atom is 0.241 e. The Morgan fingerprint density at radius 2 is 1.45 bits per heavy atom. The lowest BCUT2D eigenvalue weighted by molar-refractivity contribution is -0.131. The number of hydrogen-bond donors (Lipinski definition) is 1. The van der Waals surface area contributed by atoms with Crippen molar-refractivity contribution in [3.8, 4) is 17.2 Å². The molecular weight excluding hydrogens is 600 g/mol. The van der Waals surface area contributed by atoms with Crippen LogP contribution < -0.4 is 19.3 Å². The number of aromatic hydroxyl groups is 1. The van der Waals surface area contributed by atoms with Gasteiger partial charge in [0.15, 0.2) is 17.3 Å². The Labute approximate surface area is 271 Å². The fourth-order valence-corrected chi connectivity index (χ4v) is 8.40. The Bertz CT molecular complexity index is 1860. The highest BCUT2D eigenvalue weighted by molar-refractivity contribution is 6.25. The fourth-order valence-electron chi connectivity index (χ4n) is 8.40. The highest BCUT2D eigenvalue weighted by atomic mass is 16.5. The van der Waals surface area contributed by atoms with Crippen LogP contribution in [0, 0.1) is 29.1 Å². The monoisotopic (exact) mass is 634 g/mol. The Balaban J connectivity index is 1.37. The van der Waals surface area contributed by atoms with E-state index in [1.807, 2.05) is 12.1 Å². The minimum Gasteiger partial charge on any atom is -0.502 e. The van der Waals surface area contributed by atoms with Crippen LogP contribution in [0.3, 0.4) is 0 Å². The van der Waals surface area contributed by atoms with Gasteiger partial charge in [-0.1, -0.05) is 29.8 Å². The molecule has 0 spiro atoms. The molecule has 3 aromatic rings. The highest BCUT2D eigenvalue weighted by Crippen LogP contribution is 2.64. The van der Waals surface area contributed by atoms with E-state index in [1.165, 1.54) is 30.9 Å². The molecule has 1 saturated carbocycles. The molecule has 2 heterocycles. The van der Waals surface area contributed by atoms with Crippen LogP contribution in [0.15, 0.2) is 78.4 Å². The number of fused-ring (bicyclic) bond motifs is 4. The summed E-state index contributed by atoms with van der Waals surface area (Å²) in [5.74, 6) is -4.90. The SMILES string of the molecule is COc1cc([C@H]2C3=CC[C@@H]4C(=O)N(c5ccc(C(C)=O)cc5)C(=O)[C@@H]4[C@@H]3C[C@H]3C(=O)N(c4ccccc4)C(=O)[C@@]23C)cc(OC)c1O. The van der Waals surface area contributed by atoms with Gasteiger partial charge in [0.25, 0.3) is 0 Å². The molecule has 1 N–H and O–H groups in total. The number of ketones is 1. The average molecular weight is 635 g/mol. The molecule has 4 aliphatic rings. The molecule has 7 rings (SSSR count). The van der Waals surface area contributed by atoms with Crippen molar-refractivity contribution in [2.45, 2.75) is 32.6 Å². The predicted molar refractivity (Wildman–Crippen MR) is 171 cm³/mol. The zero-order valence-corrected chi connectivity index (χ0v) is 26.4. The molecule has 6 atom stereocenters. The van der Waals surface area contributed by atoms with Gasteiger partial charge < -0.3 is 14.6 Å². The lowest BCUT2D eigenvalue weighted by Gasteiger charge is -2.49. The van der Waals surface area contributed by atoms with Gasteiger partial charge >= 0.3 is 0 Å². The number of carbonyl (C=O) groups is 5. The Morgan fingerprint density at radius 1 is 0.830 bits per heavy atom. The van der Waals surface area contributed by atoms with Crippen LogP contribution in [0.2, 0.25) is 0 Å². The summed E-state index contributed by atoms with van der Waals surface area (Å²) >= 11 is 0. The van der Waals surface area contributed by atoms with Gasteiger partial charge in [0.05, 0.1) is 48.8 Å². The number of nitrogens with zero attached hydrogens (tertiary/aromatic N) is 2. The number of rotatable bonds is 6. The normalized spacial score (nSPS) is 28.1. The van der Waals surface area contributed by atoms with Gasteiger partial charge in [0, 0.05) is 11.5 Å². The van der Waals surface area contributed by atoms with E-state index >= 15 is 0 Å². The number of amides is 4. The number of benzene rings is 3. The maximum atomic E-state index is 14.6. The van der Waals surface area contributed by atoms with E-state index in [4.69, 9.17) is 9.47 Å². The van der Waals surface area contributed by atoms with Crippen LogP contribution in [0.25, 0.3) is 0 Å². The van der Waals surface area contributed by atoms with Crippen LogP contribution in [0.4, 0.5) is 11.4 Å². The first-order chi connectivity index (χ1) is 22.5. The second-order valence-electron chi connectivity index (χ2n) is 12.9. The summed E-state index contributed by atoms with van der Waals surface area (Å²) in [5, 5.41) is 10.8. The van der Waals surface area contributed by atoms with Crippen molar-refractivity contribution in [1.29, 1.82) is 0 Å². The smallest absolute Gasteiger partial charge is 0.241 e. The Kier molecular flexibility index (Phi) is 7.07. The molecule has 3 aromatic carbocycles. The van der Waals surface area contributed by atoms with Crippen molar-refractivity contribution in [1.82, 2.24) is 0 Å². The van der Waals surface area contributed by atoms with E-state index in [-0.39, 0.29) is 59.5 Å². The molecular formula is C37H34N2O8. The van der Waals surface area contributed by atoms with Gasteiger partial charge in [0.1, 0.15) is 0 Å². The first-order valence-corrected chi connectivity index (χ1v) is 15.6. The number of anilines is 2. The number of Topliss-reactive ketones (excluding diaryl/α,β-unsaturated/α-hetero) is 1. The van der Waals surface area contributed by atoms with Crippen LogP contribution in [0.5, 0.6) is 17.2 Å². The van der Waals surface area contributed by atoms with Crippen LogP contribution in [-0.2, 0) is 19.2 Å². The number of ether oxygens (including phenoxy) is 2. The van der Waals surface area contributed by atoms with E-state index in [0.29, 0.717) is 22.5 Å². The van der Waals surface area contributed by atoms with E-state index in [1.54, 1.807) is 67.6 Å². The molecule has 2 aliphatic carbocycles. The van der Waals surface area contributed by atoms with Gasteiger partial charge in [-0.15, -0.1) is 0 Å². The molecule has 0 bridgehead atoms. The number of phenols is 1. The van der Waals surface area contributed by atoms with Gasteiger partial charge in [-0.3, -0.25) is 28.9 Å². The van der Waals surface area contributed by atoms with Crippen molar-refractivity contribution >= 4 is 40.8 Å². The average Bonchev–Trinajstić information content (AvgIpc) is 3.44. The van der Waals surface area contributed by atoms with Gasteiger partial charge in [-0.25, -0.2) is 4.90 Å². The zero-order chi connectivity index (χ0) is 33.4. The van der Waals surface area contributed by atoms with Crippen molar-refractivity contribution in [3.63, 3.8) is 0 Å². The standard InChI is InChI=1S/C37H34N2O8/c1-19(40)20-10-12-23(13-11-20)38-33(42)25-15-14-24-26(30(25)35(38)44)18-27-34(43)39(22-8-6-5-7-9-22)36(45)37(27,2)31(24)21-16-28(46-3)32(41)29(17-21)47-4/h5-14,16-17,25-27,30-31,41H,15,18H2,1-4H3/t25-,26+,27-,30-,31-,37+/m0/s1. The van der Waals surface area contributed by atoms with E-state index in [2.05, 4.69) is 0 Å². The summed E-state index contributed by atoms with van der Waals surface area (Å²) in [6.07, 6.45) is 2.44. The van der Waals surface area contributed by atoms with E-state index < -0.39 is 35.0 Å². The molecule has 10 nitrogen and oxygen atoms in total. The van der Waals surface area contributed by atoms with Gasteiger partial charge in [-0.2, -0.15) is 0 Å². The topological polar surface area (TPSA) is 131 Å². The molecule has 240 valence electrons. The summed E-state index contributed by atoms with van der Waals surface area (Å²) in [7, 11) is 2.83. The molecule has 10 heteroatoms. The van der Waals surface area contributed by atoms with Crippen molar-refractivity contribution in [2.24, 2.45) is 29.1 Å². The lowest BCUT2D eigenvalue weighted by atomic mass is 9.51. The van der Waals surface area contributed by atoms with Crippen LogP contribution >= 0.6 is 0 Å². The zero-order valence-electron chi connectivity index (χ0n) is 26.4. The maximum absolute atomic E-state index is 14.6. The summed E-state index contributed by atoms with van der Waals surface area (Å²) in [5.41, 5.74) is 1.43. The predicted octanol–water partition coefficient (Wildman–Crippen LogP) is 5.05. The molecule has 2 aliphatic heterocycles. The number of allylic oxidation sites excluding steroid dienone is 2. The van der Waals surface area contributed by atoms with Crippen molar-refractivity contribution < 1.29 is 38.6 Å². The molecule has 2 saturated heterocycles. The van der Waals surface area contributed by atoms with E-state index in [0.717, 1.165) is 5.57 Å². The molecule has 0 radical (unpaired) electrons. The number of methoxy groups -OCH3 is 2. The third-order valence-corrected chi connectivity index (χ3v) is 10.7. The number of para-hydroxylation sites is 1. The van der Waals surface area contributed by atoms with Gasteiger partial charge in [-0.05, 0) is 86.7 Å². The highest BCUT2D eigenvalue weighted by Gasteiger charge is 2.67. The van der Waals surface area contributed by atoms with Crippen LogP contribution in [0.1, 0.15) is 48.5 Å². The molecule has 0 unspecified atom stereocenters. The van der Waals surface area contributed by atoms with Crippen molar-refractivity contribution in [3.05, 3.63) is 89.5 Å². The first-order valence-electron chi connectivity index (χ1n) is 15.6. The fraction of sp³-hybridized carbons (Fsp3) is 0.324. The largest absolute Gasteiger partial charge is 0.502 e. The second kappa shape index (κ2) is 10.9. The summed E-state index contributed by atoms with van der Waals surface area (Å²) in [4.78, 5) is 71.4. The Morgan fingerprint density at radius 3 is 2.04 bits per heavy atom. The molecule has 47 heavy (non-hydrogen) atoms. The number of hydrogen-bond acceptors (Lipinski definition) is 8. The van der Waals surface area contributed by atoms with Crippen molar-refractivity contribution in [2.75, 3.05) is 24.0 Å². The number of phenolic OH excluding ortho intramolecular Hbond substituents is 1.